The van der Waals surface area contributed by atoms with Gasteiger partial charge in [-0.15, -0.1) is 0 Å². The molecular formula is C20H19F3N2OS. The number of alkyl halides is 3. The summed E-state index contributed by atoms with van der Waals surface area (Å²) in [6.07, 6.45) is -2.75. The van der Waals surface area contributed by atoms with Gasteiger partial charge in [0.2, 0.25) is 0 Å². The molecule has 0 fully saturated rings. The van der Waals surface area contributed by atoms with Gasteiger partial charge in [-0.05, 0) is 24.1 Å². The Morgan fingerprint density at radius 3 is 2.52 bits per heavy atom. The summed E-state index contributed by atoms with van der Waals surface area (Å²) in [5.74, 6) is 0.361. The summed E-state index contributed by atoms with van der Waals surface area (Å²) in [4.78, 5) is 4.34. The van der Waals surface area contributed by atoms with Crippen molar-refractivity contribution < 1.29 is 18.3 Å². The van der Waals surface area contributed by atoms with Crippen molar-refractivity contribution in [1.82, 2.24) is 9.55 Å². The molecule has 0 saturated heterocycles. The number of aromatic nitrogens is 2. The molecule has 7 heteroatoms. The Morgan fingerprint density at radius 1 is 1.07 bits per heavy atom. The van der Waals surface area contributed by atoms with E-state index in [4.69, 9.17) is 0 Å². The van der Waals surface area contributed by atoms with Gasteiger partial charge in [0.1, 0.15) is 0 Å². The number of aryl methyl sites for hydroxylation is 1. The van der Waals surface area contributed by atoms with Crippen molar-refractivity contribution in [3.05, 3.63) is 82.7 Å². The van der Waals surface area contributed by atoms with Crippen LogP contribution in [0.25, 0.3) is 0 Å². The average Bonchev–Trinajstić information content (AvgIpc) is 3.01. The van der Waals surface area contributed by atoms with Crippen LogP contribution in [0.5, 0.6) is 0 Å². The Balaban J connectivity index is 1.79. The molecule has 0 aliphatic carbocycles. The summed E-state index contributed by atoms with van der Waals surface area (Å²) in [6.45, 7) is 2.40. The van der Waals surface area contributed by atoms with E-state index >= 15 is 0 Å². The van der Waals surface area contributed by atoms with Crippen molar-refractivity contribution in [2.75, 3.05) is 0 Å². The Bertz CT molecular complexity index is 922. The fourth-order valence-electron chi connectivity index (χ4n) is 2.78. The molecule has 0 spiro atoms. The van der Waals surface area contributed by atoms with E-state index in [9.17, 15) is 18.3 Å². The molecule has 0 unspecified atom stereocenters. The van der Waals surface area contributed by atoms with Crippen LogP contribution in [0.2, 0.25) is 0 Å². The van der Waals surface area contributed by atoms with Gasteiger partial charge in [0.25, 0.3) is 0 Å². The first-order chi connectivity index (χ1) is 12.9. The summed E-state index contributed by atoms with van der Waals surface area (Å²) >= 11 is 1.35. The standard InChI is InChI=1S/C20H19F3N2OS/c1-14-4-2-5-15(8-14)11-25-18(12-26)10-24-19(25)27-13-16-6-3-7-17(9-16)20(21,22)23/h2-10,26H,11-13H2,1H3. The molecule has 0 atom stereocenters. The van der Waals surface area contributed by atoms with Gasteiger partial charge in [-0.3, -0.25) is 0 Å². The molecule has 142 valence electrons. The van der Waals surface area contributed by atoms with Crippen molar-refractivity contribution in [3.8, 4) is 0 Å². The lowest BCUT2D eigenvalue weighted by Gasteiger charge is -2.12. The number of rotatable bonds is 6. The van der Waals surface area contributed by atoms with Crippen molar-refractivity contribution in [1.29, 1.82) is 0 Å². The Kier molecular flexibility index (Phi) is 5.92. The second-order valence-electron chi connectivity index (χ2n) is 6.25. The van der Waals surface area contributed by atoms with Crippen LogP contribution in [0.4, 0.5) is 13.2 Å². The van der Waals surface area contributed by atoms with Gasteiger partial charge in [0.05, 0.1) is 24.1 Å². The highest BCUT2D eigenvalue weighted by Crippen LogP contribution is 2.31. The van der Waals surface area contributed by atoms with E-state index in [1.807, 2.05) is 29.7 Å². The highest BCUT2D eigenvalue weighted by atomic mass is 32.2. The monoisotopic (exact) mass is 392 g/mol. The maximum atomic E-state index is 12.9. The maximum absolute atomic E-state index is 12.9. The molecule has 1 N–H and O–H groups in total. The van der Waals surface area contributed by atoms with E-state index < -0.39 is 11.7 Å². The molecule has 0 aliphatic rings. The number of aliphatic hydroxyl groups is 1. The largest absolute Gasteiger partial charge is 0.416 e. The molecule has 0 bridgehead atoms. The first-order valence-electron chi connectivity index (χ1n) is 8.36. The van der Waals surface area contributed by atoms with Gasteiger partial charge in [0.15, 0.2) is 5.16 Å². The van der Waals surface area contributed by atoms with Gasteiger partial charge >= 0.3 is 6.18 Å². The third-order valence-corrected chi connectivity index (χ3v) is 5.17. The minimum atomic E-state index is -4.35. The van der Waals surface area contributed by atoms with Gasteiger partial charge < -0.3 is 9.67 Å². The van der Waals surface area contributed by atoms with Crippen molar-refractivity contribution in [2.45, 2.75) is 37.2 Å². The Hall–Kier alpha value is -2.25. The minimum Gasteiger partial charge on any atom is -0.390 e. The smallest absolute Gasteiger partial charge is 0.390 e. The summed E-state index contributed by atoms with van der Waals surface area (Å²) in [5.41, 5.74) is 2.80. The first-order valence-corrected chi connectivity index (χ1v) is 9.35. The zero-order chi connectivity index (χ0) is 19.4. The molecular weight excluding hydrogens is 373 g/mol. The van der Waals surface area contributed by atoms with Crippen LogP contribution in [0.15, 0.2) is 59.9 Å². The van der Waals surface area contributed by atoms with Crippen LogP contribution < -0.4 is 0 Å². The lowest BCUT2D eigenvalue weighted by atomic mass is 10.1. The number of nitrogens with zero attached hydrogens (tertiary/aromatic N) is 2. The van der Waals surface area contributed by atoms with E-state index in [0.29, 0.717) is 28.7 Å². The number of thioether (sulfide) groups is 1. The number of halogens is 3. The van der Waals surface area contributed by atoms with Crippen molar-refractivity contribution in [3.63, 3.8) is 0 Å². The maximum Gasteiger partial charge on any atom is 0.416 e. The van der Waals surface area contributed by atoms with Crippen LogP contribution in [0.1, 0.15) is 27.9 Å². The molecule has 3 rings (SSSR count). The molecule has 27 heavy (non-hydrogen) atoms. The van der Waals surface area contributed by atoms with E-state index in [2.05, 4.69) is 11.1 Å². The Labute approximate surface area is 159 Å². The zero-order valence-electron chi connectivity index (χ0n) is 14.7. The molecule has 1 aromatic heterocycles. The number of imidazole rings is 1. The van der Waals surface area contributed by atoms with Crippen LogP contribution >= 0.6 is 11.8 Å². The van der Waals surface area contributed by atoms with E-state index in [0.717, 1.165) is 23.3 Å². The second kappa shape index (κ2) is 8.19. The normalized spacial score (nSPS) is 11.7. The second-order valence-corrected chi connectivity index (χ2v) is 7.19. The third-order valence-electron chi connectivity index (χ3n) is 4.11. The van der Waals surface area contributed by atoms with Crippen molar-refractivity contribution >= 4 is 11.8 Å². The first kappa shape index (κ1) is 19.5. The highest BCUT2D eigenvalue weighted by molar-refractivity contribution is 7.98. The SMILES string of the molecule is Cc1cccc(Cn2c(CO)cnc2SCc2cccc(C(F)(F)F)c2)c1. The van der Waals surface area contributed by atoms with Crippen LogP contribution in [-0.2, 0) is 25.1 Å². The fourth-order valence-corrected chi connectivity index (χ4v) is 3.72. The molecule has 2 aromatic carbocycles. The number of aliphatic hydroxyl groups excluding tert-OH is 1. The molecule has 1 heterocycles. The zero-order valence-corrected chi connectivity index (χ0v) is 15.5. The van der Waals surface area contributed by atoms with Crippen LogP contribution in [0, 0.1) is 6.92 Å². The third kappa shape index (κ3) is 4.93. The molecule has 0 amide bonds. The fraction of sp³-hybridized carbons (Fsp3) is 0.250. The van der Waals surface area contributed by atoms with Gasteiger partial charge in [-0.25, -0.2) is 4.98 Å². The molecule has 3 nitrogen and oxygen atoms in total. The molecule has 0 aliphatic heterocycles. The Morgan fingerprint density at radius 2 is 1.81 bits per heavy atom. The highest BCUT2D eigenvalue weighted by Gasteiger charge is 2.30. The summed E-state index contributed by atoms with van der Waals surface area (Å²) in [7, 11) is 0. The quantitative estimate of drug-likeness (QED) is 0.597. The topological polar surface area (TPSA) is 38.0 Å². The van der Waals surface area contributed by atoms with E-state index in [-0.39, 0.29) is 6.61 Å². The van der Waals surface area contributed by atoms with Gasteiger partial charge in [-0.2, -0.15) is 13.2 Å². The number of benzene rings is 2. The van der Waals surface area contributed by atoms with Gasteiger partial charge in [0, 0.05) is 12.3 Å². The molecule has 0 saturated carbocycles. The van der Waals surface area contributed by atoms with Crippen LogP contribution in [-0.4, -0.2) is 14.7 Å². The summed E-state index contributed by atoms with van der Waals surface area (Å²) < 4.78 is 40.5. The lowest BCUT2D eigenvalue weighted by molar-refractivity contribution is -0.137. The summed E-state index contributed by atoms with van der Waals surface area (Å²) in [5, 5.41) is 10.2. The summed E-state index contributed by atoms with van der Waals surface area (Å²) in [6, 6.07) is 13.3. The number of hydrogen-bond acceptors (Lipinski definition) is 3. The van der Waals surface area contributed by atoms with E-state index in [1.54, 1.807) is 12.3 Å². The van der Waals surface area contributed by atoms with Crippen molar-refractivity contribution in [2.24, 2.45) is 0 Å². The molecule has 3 aromatic rings. The number of hydrogen-bond donors (Lipinski definition) is 1. The van der Waals surface area contributed by atoms with Gasteiger partial charge in [-0.1, -0.05) is 59.8 Å². The molecule has 0 radical (unpaired) electrons. The van der Waals surface area contributed by atoms with Crippen LogP contribution in [0.3, 0.4) is 0 Å². The average molecular weight is 392 g/mol. The predicted molar refractivity (Wildman–Crippen MR) is 99.4 cm³/mol. The van der Waals surface area contributed by atoms with E-state index in [1.165, 1.54) is 17.8 Å². The predicted octanol–water partition coefficient (Wildman–Crippen LogP) is 5.04. The minimum absolute atomic E-state index is 0.150. The lowest BCUT2D eigenvalue weighted by Crippen LogP contribution is -2.07.